The summed E-state index contributed by atoms with van der Waals surface area (Å²) in [5, 5.41) is 13.2. The molecule has 7 nitrogen and oxygen atoms in total. The lowest BCUT2D eigenvalue weighted by molar-refractivity contribution is 0.102. The number of aromatic amines is 1. The second-order valence-corrected chi connectivity index (χ2v) is 9.63. The third kappa shape index (κ3) is 4.21. The van der Waals surface area contributed by atoms with Gasteiger partial charge in [0.15, 0.2) is 0 Å². The van der Waals surface area contributed by atoms with Gasteiger partial charge in [-0.25, -0.2) is 14.4 Å². The van der Waals surface area contributed by atoms with Crippen molar-refractivity contribution in [1.29, 1.82) is 0 Å². The topological polar surface area (TPSA) is 95.8 Å². The summed E-state index contributed by atoms with van der Waals surface area (Å²) < 4.78 is 16.3. The molecule has 1 atom stereocenters. The van der Waals surface area contributed by atoms with E-state index in [1.54, 1.807) is 25.1 Å². The van der Waals surface area contributed by atoms with Gasteiger partial charge in [0.2, 0.25) is 5.95 Å². The number of carbonyl (C=O) groups is 1. The number of aliphatic hydroxyl groups is 1. The Hall–Kier alpha value is -3.46. The van der Waals surface area contributed by atoms with Gasteiger partial charge in [0, 0.05) is 11.6 Å². The third-order valence-corrected chi connectivity index (χ3v) is 6.54. The molecule has 0 saturated carbocycles. The fraction of sp³-hybridized carbons (Fsp3) is 0.192. The average Bonchev–Trinajstić information content (AvgIpc) is 3.39. The largest absolute Gasteiger partial charge is 0.389 e. The molecule has 0 aliphatic rings. The van der Waals surface area contributed by atoms with Crippen LogP contribution in [0.2, 0.25) is 10.0 Å². The molecule has 10 heteroatoms. The van der Waals surface area contributed by atoms with Crippen molar-refractivity contribution in [1.82, 2.24) is 19.5 Å². The average molecular weight is 526 g/mol. The minimum atomic E-state index is -0.635. The molecule has 3 N–H and O–H groups in total. The van der Waals surface area contributed by atoms with E-state index >= 15 is 0 Å². The Bertz CT molecular complexity index is 1620. The van der Waals surface area contributed by atoms with Crippen LogP contribution in [0.3, 0.4) is 0 Å². The van der Waals surface area contributed by atoms with E-state index < -0.39 is 17.8 Å². The lowest BCUT2D eigenvalue weighted by Gasteiger charge is -2.14. The zero-order chi connectivity index (χ0) is 25.7. The second kappa shape index (κ2) is 9.20. The van der Waals surface area contributed by atoms with E-state index in [2.05, 4.69) is 20.3 Å². The predicted octanol–water partition coefficient (Wildman–Crippen LogP) is 6.91. The van der Waals surface area contributed by atoms with Crippen LogP contribution in [0.25, 0.3) is 33.5 Å². The van der Waals surface area contributed by atoms with Gasteiger partial charge in [-0.2, -0.15) is 0 Å². The van der Waals surface area contributed by atoms with Crippen LogP contribution in [0.1, 0.15) is 48.8 Å². The highest BCUT2D eigenvalue weighted by atomic mass is 35.5. The molecule has 1 unspecified atom stereocenters. The van der Waals surface area contributed by atoms with E-state index in [4.69, 9.17) is 23.2 Å². The molecule has 2 heterocycles. The maximum absolute atomic E-state index is 14.4. The van der Waals surface area contributed by atoms with Crippen molar-refractivity contribution < 1.29 is 14.3 Å². The van der Waals surface area contributed by atoms with Gasteiger partial charge in [0.05, 0.1) is 38.3 Å². The molecule has 0 fully saturated rings. The van der Waals surface area contributed by atoms with E-state index in [-0.39, 0.29) is 33.0 Å². The number of aromatic nitrogens is 4. The molecule has 0 spiro atoms. The van der Waals surface area contributed by atoms with Crippen molar-refractivity contribution >= 4 is 57.1 Å². The van der Waals surface area contributed by atoms with Gasteiger partial charge in [0.25, 0.3) is 5.91 Å². The Morgan fingerprint density at radius 1 is 1.08 bits per heavy atom. The highest BCUT2D eigenvalue weighted by molar-refractivity contribution is 6.36. The number of aliphatic hydroxyl groups excluding tert-OH is 1. The zero-order valence-electron chi connectivity index (χ0n) is 19.6. The summed E-state index contributed by atoms with van der Waals surface area (Å²) in [7, 11) is 0. The van der Waals surface area contributed by atoms with Gasteiger partial charge in [-0.1, -0.05) is 35.3 Å². The lowest BCUT2D eigenvalue weighted by atomic mass is 10.1. The molecule has 5 rings (SSSR count). The Morgan fingerprint density at radius 2 is 1.86 bits per heavy atom. The Kier molecular flexibility index (Phi) is 6.20. The predicted molar refractivity (Wildman–Crippen MR) is 140 cm³/mol. The monoisotopic (exact) mass is 525 g/mol. The summed E-state index contributed by atoms with van der Waals surface area (Å²) >= 11 is 12.6. The maximum atomic E-state index is 14.4. The number of nitrogens with one attached hydrogen (secondary N) is 2. The van der Waals surface area contributed by atoms with Crippen molar-refractivity contribution in [2.24, 2.45) is 0 Å². The SMILES string of the molecule is CC(O)c1ccc2c(c1)nc(NC(=O)c1cc(Cl)c3nc(-c4c(F)cccc4Cl)[nH]c3c1)n2C(C)C. The fourth-order valence-corrected chi connectivity index (χ4v) is 4.72. The number of carbonyl (C=O) groups excluding carboxylic acids is 1. The molecule has 184 valence electrons. The van der Waals surface area contributed by atoms with Crippen molar-refractivity contribution in [3.63, 3.8) is 0 Å². The lowest BCUT2D eigenvalue weighted by Crippen LogP contribution is -2.17. The molecule has 36 heavy (non-hydrogen) atoms. The van der Waals surface area contributed by atoms with E-state index in [1.165, 1.54) is 18.2 Å². The number of fused-ring (bicyclic) bond motifs is 2. The quantitative estimate of drug-likeness (QED) is 0.232. The number of imidazole rings is 2. The van der Waals surface area contributed by atoms with Crippen molar-refractivity contribution in [2.45, 2.75) is 32.9 Å². The summed E-state index contributed by atoms with van der Waals surface area (Å²) in [5.41, 5.74) is 3.47. The normalized spacial score (nSPS) is 12.6. The molecular formula is C26H22Cl2FN5O2. The molecule has 1 amide bonds. The van der Waals surface area contributed by atoms with E-state index in [9.17, 15) is 14.3 Å². The molecule has 0 aliphatic carbocycles. The van der Waals surface area contributed by atoms with Crippen molar-refractivity contribution in [3.8, 4) is 11.4 Å². The fourth-order valence-electron chi connectivity index (χ4n) is 4.21. The molecule has 0 aliphatic heterocycles. The molecule has 0 radical (unpaired) electrons. The number of H-pyrrole nitrogens is 1. The first-order valence-corrected chi connectivity index (χ1v) is 12.0. The smallest absolute Gasteiger partial charge is 0.258 e. The highest BCUT2D eigenvalue weighted by Crippen LogP contribution is 2.33. The number of rotatable bonds is 5. The molecule has 5 aromatic rings. The van der Waals surface area contributed by atoms with E-state index in [0.29, 0.717) is 22.5 Å². The molecular weight excluding hydrogens is 504 g/mol. The van der Waals surface area contributed by atoms with E-state index in [0.717, 1.165) is 11.1 Å². The Morgan fingerprint density at radius 3 is 2.56 bits per heavy atom. The van der Waals surface area contributed by atoms with Crippen LogP contribution in [-0.4, -0.2) is 30.5 Å². The summed E-state index contributed by atoms with van der Waals surface area (Å²) in [6, 6.07) is 13.0. The summed E-state index contributed by atoms with van der Waals surface area (Å²) in [4.78, 5) is 25.3. The first-order valence-electron chi connectivity index (χ1n) is 11.3. The van der Waals surface area contributed by atoms with Crippen LogP contribution in [0.5, 0.6) is 0 Å². The van der Waals surface area contributed by atoms with Gasteiger partial charge in [-0.05, 0) is 62.7 Å². The molecule has 2 aromatic heterocycles. The minimum Gasteiger partial charge on any atom is -0.389 e. The van der Waals surface area contributed by atoms with Crippen LogP contribution < -0.4 is 5.32 Å². The summed E-state index contributed by atoms with van der Waals surface area (Å²) in [5.74, 6) is -0.371. The third-order valence-electron chi connectivity index (χ3n) is 5.94. The number of hydrogen-bond acceptors (Lipinski definition) is 4. The summed E-state index contributed by atoms with van der Waals surface area (Å²) in [6.45, 7) is 5.66. The van der Waals surface area contributed by atoms with Crippen LogP contribution in [-0.2, 0) is 0 Å². The van der Waals surface area contributed by atoms with Crippen LogP contribution in [0.4, 0.5) is 10.3 Å². The Balaban J connectivity index is 1.53. The Labute approximate surface area is 215 Å². The highest BCUT2D eigenvalue weighted by Gasteiger charge is 2.20. The van der Waals surface area contributed by atoms with Crippen molar-refractivity contribution in [2.75, 3.05) is 5.32 Å². The summed E-state index contributed by atoms with van der Waals surface area (Å²) in [6.07, 6.45) is -0.635. The van der Waals surface area contributed by atoms with Crippen LogP contribution in [0.15, 0.2) is 48.5 Å². The van der Waals surface area contributed by atoms with Gasteiger partial charge >= 0.3 is 0 Å². The van der Waals surface area contributed by atoms with Gasteiger partial charge in [-0.15, -0.1) is 0 Å². The number of halogens is 3. The first-order chi connectivity index (χ1) is 17.1. The maximum Gasteiger partial charge on any atom is 0.258 e. The second-order valence-electron chi connectivity index (χ2n) is 8.81. The molecule has 3 aromatic carbocycles. The standard InChI is InChI=1S/C26H22Cl2FN5O2/c1-12(2)34-21-8-7-14(13(3)35)10-19(21)31-26(34)33-25(36)15-9-17(28)23-20(11-15)30-24(32-23)22-16(27)5-4-6-18(22)29/h4-13,35H,1-3H3,(H,30,32)(H,31,33,36). The van der Waals surface area contributed by atoms with Crippen LogP contribution >= 0.6 is 23.2 Å². The number of benzene rings is 3. The van der Waals surface area contributed by atoms with Gasteiger partial charge in [0.1, 0.15) is 17.2 Å². The number of hydrogen-bond donors (Lipinski definition) is 3. The first kappa shape index (κ1) is 24.2. The van der Waals surface area contributed by atoms with E-state index in [1.807, 2.05) is 30.5 Å². The molecule has 0 bridgehead atoms. The number of amides is 1. The number of anilines is 1. The van der Waals surface area contributed by atoms with Crippen molar-refractivity contribution in [3.05, 3.63) is 75.5 Å². The van der Waals surface area contributed by atoms with Gasteiger partial charge in [-0.3, -0.25) is 10.1 Å². The van der Waals surface area contributed by atoms with Gasteiger partial charge < -0.3 is 14.7 Å². The van der Waals surface area contributed by atoms with Crippen LogP contribution in [0, 0.1) is 5.82 Å². The zero-order valence-corrected chi connectivity index (χ0v) is 21.1. The minimum absolute atomic E-state index is 0.00875. The number of nitrogens with zero attached hydrogens (tertiary/aromatic N) is 3. The molecule has 0 saturated heterocycles.